The number of benzene rings is 1. The Morgan fingerprint density at radius 2 is 1.58 bits per heavy atom. The Morgan fingerprint density at radius 3 is 2.06 bits per heavy atom. The van der Waals surface area contributed by atoms with Crippen LogP contribution < -0.4 is 10.6 Å². The molecule has 1 saturated heterocycles. The fourth-order valence-electron chi connectivity index (χ4n) is 3.63. The lowest BCUT2D eigenvalue weighted by molar-refractivity contribution is -0.159. The van der Waals surface area contributed by atoms with Crippen molar-refractivity contribution in [1.29, 1.82) is 0 Å². The minimum Gasteiger partial charge on any atom is -0.452 e. The average Bonchev–Trinajstić information content (AvgIpc) is 2.72. The van der Waals surface area contributed by atoms with Crippen molar-refractivity contribution in [2.75, 3.05) is 20.1 Å². The summed E-state index contributed by atoms with van der Waals surface area (Å²) >= 11 is 0. The lowest BCUT2D eigenvalue weighted by Gasteiger charge is -2.31. The number of urea groups is 1. The molecule has 1 aliphatic heterocycles. The molecule has 9 nitrogen and oxygen atoms in total. The van der Waals surface area contributed by atoms with E-state index >= 15 is 0 Å². The summed E-state index contributed by atoms with van der Waals surface area (Å²) in [7, 11) is -2.33. The highest BCUT2D eigenvalue weighted by atomic mass is 32.2. The van der Waals surface area contributed by atoms with E-state index in [4.69, 9.17) is 4.74 Å². The molecule has 1 atom stereocenters. The van der Waals surface area contributed by atoms with Crippen LogP contribution in [0.4, 0.5) is 4.79 Å². The number of ether oxygens (including phenoxy) is 1. The maximum absolute atomic E-state index is 13.3. The number of esters is 1. The van der Waals surface area contributed by atoms with Crippen LogP contribution in [0.1, 0.15) is 42.0 Å². The predicted octanol–water partition coefficient (Wildman–Crippen LogP) is 1.71. The van der Waals surface area contributed by atoms with Crippen molar-refractivity contribution >= 4 is 27.9 Å². The number of amides is 3. The third-order valence-corrected chi connectivity index (χ3v) is 7.98. The minimum absolute atomic E-state index is 0.187. The van der Waals surface area contributed by atoms with Gasteiger partial charge in [-0.2, -0.15) is 4.31 Å². The van der Waals surface area contributed by atoms with Crippen molar-refractivity contribution in [2.45, 2.75) is 58.5 Å². The third kappa shape index (κ3) is 5.43. The van der Waals surface area contributed by atoms with Crippen LogP contribution in [0.15, 0.2) is 11.0 Å². The molecular formula is C21H31N3O6S. The SMILES string of the molecule is CNC(=O)NC(=O)C(C)OC(=O)C1CCN(S(=O)(=O)c2c(C)c(C)cc(C)c2C)CC1. The van der Waals surface area contributed by atoms with Crippen LogP contribution in [0.5, 0.6) is 0 Å². The molecule has 31 heavy (non-hydrogen) atoms. The highest BCUT2D eigenvalue weighted by molar-refractivity contribution is 7.89. The standard InChI is InChI=1S/C21H31N3O6S/c1-12-11-13(2)15(4)18(14(12)3)31(28,29)24-9-7-17(8-10-24)20(26)30-16(5)19(25)23-21(27)22-6/h11,16-17H,7-10H2,1-6H3,(H2,22,23,25,27). The largest absolute Gasteiger partial charge is 0.452 e. The number of rotatable bonds is 5. The molecule has 2 N–H and O–H groups in total. The number of aryl methyl sites for hydroxylation is 2. The number of nitrogens with one attached hydrogen (secondary N) is 2. The maximum Gasteiger partial charge on any atom is 0.321 e. The van der Waals surface area contributed by atoms with Gasteiger partial charge < -0.3 is 10.1 Å². The quantitative estimate of drug-likeness (QED) is 0.655. The molecule has 0 spiro atoms. The summed E-state index contributed by atoms with van der Waals surface area (Å²) in [5, 5.41) is 4.29. The van der Waals surface area contributed by atoms with Gasteiger partial charge in [-0.3, -0.25) is 14.9 Å². The van der Waals surface area contributed by atoms with Gasteiger partial charge in [0.05, 0.1) is 10.8 Å². The van der Waals surface area contributed by atoms with Gasteiger partial charge in [-0.15, -0.1) is 0 Å². The molecule has 0 saturated carbocycles. The van der Waals surface area contributed by atoms with E-state index in [1.165, 1.54) is 18.3 Å². The molecule has 1 aromatic rings. The van der Waals surface area contributed by atoms with Crippen LogP contribution in [0, 0.1) is 33.6 Å². The van der Waals surface area contributed by atoms with E-state index in [-0.39, 0.29) is 13.1 Å². The molecule has 3 amide bonds. The van der Waals surface area contributed by atoms with E-state index in [1.807, 2.05) is 39.1 Å². The number of nitrogens with zero attached hydrogens (tertiary/aromatic N) is 1. The monoisotopic (exact) mass is 453 g/mol. The van der Waals surface area contributed by atoms with Crippen molar-refractivity contribution in [3.8, 4) is 0 Å². The number of sulfonamides is 1. The van der Waals surface area contributed by atoms with Gasteiger partial charge in [0, 0.05) is 20.1 Å². The van der Waals surface area contributed by atoms with Crippen LogP contribution >= 0.6 is 0 Å². The Morgan fingerprint density at radius 1 is 1.06 bits per heavy atom. The summed E-state index contributed by atoms with van der Waals surface area (Å²) < 4.78 is 33.2. The minimum atomic E-state index is -3.70. The first-order chi connectivity index (χ1) is 14.4. The predicted molar refractivity (Wildman–Crippen MR) is 115 cm³/mol. The Labute approximate surface area is 183 Å². The molecule has 0 radical (unpaired) electrons. The number of piperidine rings is 1. The molecular weight excluding hydrogens is 422 g/mol. The molecule has 1 heterocycles. The van der Waals surface area contributed by atoms with Gasteiger partial charge >= 0.3 is 12.0 Å². The third-order valence-electron chi connectivity index (χ3n) is 5.81. The Balaban J connectivity index is 2.05. The number of carbonyl (C=O) groups excluding carboxylic acids is 3. The van der Waals surface area contributed by atoms with E-state index in [0.29, 0.717) is 17.7 Å². The van der Waals surface area contributed by atoms with Crippen LogP contribution in [0.3, 0.4) is 0 Å². The van der Waals surface area contributed by atoms with Crippen molar-refractivity contribution < 1.29 is 27.5 Å². The molecule has 1 unspecified atom stereocenters. The van der Waals surface area contributed by atoms with Crippen molar-refractivity contribution in [2.24, 2.45) is 5.92 Å². The number of hydrogen-bond donors (Lipinski definition) is 2. The summed E-state index contributed by atoms with van der Waals surface area (Å²) in [6.45, 7) is 9.16. The number of hydrogen-bond acceptors (Lipinski definition) is 6. The summed E-state index contributed by atoms with van der Waals surface area (Å²) in [6, 6.07) is 1.29. The van der Waals surface area contributed by atoms with Crippen LogP contribution in [0.2, 0.25) is 0 Å². The van der Waals surface area contributed by atoms with Gasteiger partial charge in [-0.05, 0) is 69.7 Å². The second-order valence-corrected chi connectivity index (χ2v) is 9.79. The van der Waals surface area contributed by atoms with Crippen LogP contribution in [-0.2, 0) is 24.3 Å². The van der Waals surface area contributed by atoms with Gasteiger partial charge in [0.1, 0.15) is 0 Å². The second-order valence-electron chi connectivity index (χ2n) is 7.92. The van der Waals surface area contributed by atoms with E-state index in [0.717, 1.165) is 22.3 Å². The zero-order valence-electron chi connectivity index (χ0n) is 18.9. The lowest BCUT2D eigenvalue weighted by Crippen LogP contribution is -2.45. The zero-order valence-corrected chi connectivity index (χ0v) is 19.7. The highest BCUT2D eigenvalue weighted by Gasteiger charge is 2.35. The molecule has 1 fully saturated rings. The Bertz CT molecular complexity index is 955. The van der Waals surface area contributed by atoms with Crippen LogP contribution in [0.25, 0.3) is 0 Å². The van der Waals surface area contributed by atoms with Gasteiger partial charge in [-0.25, -0.2) is 13.2 Å². The topological polar surface area (TPSA) is 122 Å². The smallest absolute Gasteiger partial charge is 0.321 e. The lowest BCUT2D eigenvalue weighted by atomic mass is 9.98. The highest BCUT2D eigenvalue weighted by Crippen LogP contribution is 2.31. The summed E-state index contributed by atoms with van der Waals surface area (Å²) in [5.41, 5.74) is 3.31. The van der Waals surface area contributed by atoms with Crippen molar-refractivity contribution in [3.63, 3.8) is 0 Å². The zero-order chi connectivity index (χ0) is 23.5. The molecule has 1 aliphatic rings. The van der Waals surface area contributed by atoms with Gasteiger partial charge in [0.2, 0.25) is 10.0 Å². The first kappa shape index (κ1) is 24.8. The van der Waals surface area contributed by atoms with Gasteiger partial charge in [-0.1, -0.05) is 6.07 Å². The maximum atomic E-state index is 13.3. The molecule has 1 aromatic carbocycles. The molecule has 0 aliphatic carbocycles. The molecule has 0 bridgehead atoms. The van der Waals surface area contributed by atoms with E-state index < -0.39 is 40.0 Å². The van der Waals surface area contributed by atoms with E-state index in [2.05, 4.69) is 5.32 Å². The van der Waals surface area contributed by atoms with E-state index in [9.17, 15) is 22.8 Å². The number of carbonyl (C=O) groups is 3. The van der Waals surface area contributed by atoms with Crippen LogP contribution in [-0.4, -0.2) is 56.9 Å². The molecule has 0 aromatic heterocycles. The van der Waals surface area contributed by atoms with Gasteiger partial charge in [0.25, 0.3) is 5.91 Å². The van der Waals surface area contributed by atoms with Crippen molar-refractivity contribution in [1.82, 2.24) is 14.9 Å². The summed E-state index contributed by atoms with van der Waals surface area (Å²) in [6.07, 6.45) is -0.540. The fraction of sp³-hybridized carbons (Fsp3) is 0.571. The Hall–Kier alpha value is -2.46. The summed E-state index contributed by atoms with van der Waals surface area (Å²) in [5.74, 6) is -1.81. The van der Waals surface area contributed by atoms with Gasteiger partial charge in [0.15, 0.2) is 6.10 Å². The summed E-state index contributed by atoms with van der Waals surface area (Å²) in [4.78, 5) is 35.8. The molecule has 10 heteroatoms. The first-order valence-electron chi connectivity index (χ1n) is 10.2. The average molecular weight is 454 g/mol. The second kappa shape index (κ2) is 9.78. The van der Waals surface area contributed by atoms with E-state index in [1.54, 1.807) is 0 Å². The number of imide groups is 1. The molecule has 2 rings (SSSR count). The Kier molecular flexibility index (Phi) is 7.82. The fourth-order valence-corrected chi connectivity index (χ4v) is 5.67. The first-order valence-corrected chi connectivity index (χ1v) is 11.6. The normalized spacial score (nSPS) is 16.5. The molecule has 172 valence electrons. The van der Waals surface area contributed by atoms with Crippen molar-refractivity contribution in [3.05, 3.63) is 28.3 Å².